The number of carbonyl (C=O) groups excluding carboxylic acids is 1. The van der Waals surface area contributed by atoms with Crippen molar-refractivity contribution in [1.82, 2.24) is 14.5 Å². The number of nitrogens with zero attached hydrogens (tertiary/aromatic N) is 3. The van der Waals surface area contributed by atoms with Crippen LogP contribution in [0.25, 0.3) is 0 Å². The lowest BCUT2D eigenvalue weighted by atomic mass is 10.2. The van der Waals surface area contributed by atoms with Crippen LogP contribution in [0.5, 0.6) is 5.75 Å². The van der Waals surface area contributed by atoms with Gasteiger partial charge in [0.1, 0.15) is 5.75 Å². The van der Waals surface area contributed by atoms with Gasteiger partial charge >= 0.3 is 0 Å². The van der Waals surface area contributed by atoms with Gasteiger partial charge in [0, 0.05) is 13.6 Å². The summed E-state index contributed by atoms with van der Waals surface area (Å²) in [6.45, 7) is 4.21. The van der Waals surface area contributed by atoms with Gasteiger partial charge in [0.15, 0.2) is 6.61 Å². The highest BCUT2D eigenvalue weighted by Gasteiger charge is 2.26. The van der Waals surface area contributed by atoms with Crippen LogP contribution in [0.2, 0.25) is 0 Å². The Morgan fingerprint density at radius 1 is 1.32 bits per heavy atom. The number of ether oxygens (including phenoxy) is 1. The average Bonchev–Trinajstić information content (AvgIpc) is 2.90. The highest BCUT2D eigenvalue weighted by molar-refractivity contribution is 7.89. The molecule has 1 aromatic carbocycles. The number of sulfonamides is 1. The van der Waals surface area contributed by atoms with E-state index in [9.17, 15) is 13.2 Å². The van der Waals surface area contributed by atoms with E-state index in [0.717, 1.165) is 11.4 Å². The highest BCUT2D eigenvalue weighted by atomic mass is 32.2. The Morgan fingerprint density at radius 2 is 2.08 bits per heavy atom. The van der Waals surface area contributed by atoms with Gasteiger partial charge < -0.3 is 9.64 Å². The molecule has 0 aliphatic carbocycles. The van der Waals surface area contributed by atoms with Crippen molar-refractivity contribution in [3.05, 3.63) is 35.7 Å². The van der Waals surface area contributed by atoms with Gasteiger partial charge in [0.25, 0.3) is 5.91 Å². The van der Waals surface area contributed by atoms with E-state index >= 15 is 0 Å². The molecule has 0 spiro atoms. The van der Waals surface area contributed by atoms with Gasteiger partial charge in [0.05, 0.1) is 28.5 Å². The fourth-order valence-corrected chi connectivity index (χ4v) is 3.80. The number of likely N-dealkylation sites (N-methyl/N-ethyl adjacent to an activating group) is 1. The summed E-state index contributed by atoms with van der Waals surface area (Å²) in [7, 11) is -1.97. The van der Waals surface area contributed by atoms with Crippen LogP contribution in [-0.2, 0) is 28.4 Å². The molecular weight excluding hydrogens is 344 g/mol. The van der Waals surface area contributed by atoms with Gasteiger partial charge in [-0.2, -0.15) is 5.10 Å². The molecule has 0 fully saturated rings. The molecule has 0 saturated carbocycles. The van der Waals surface area contributed by atoms with Crippen LogP contribution in [0.4, 0.5) is 5.69 Å². The van der Waals surface area contributed by atoms with E-state index < -0.39 is 10.0 Å². The van der Waals surface area contributed by atoms with Crippen molar-refractivity contribution >= 4 is 21.6 Å². The fraction of sp³-hybridized carbons (Fsp3) is 0.375. The van der Waals surface area contributed by atoms with Crippen LogP contribution in [0, 0.1) is 6.92 Å². The normalized spacial score (nSPS) is 14.4. The predicted octanol–water partition coefficient (Wildman–Crippen LogP) is 0.952. The van der Waals surface area contributed by atoms with Gasteiger partial charge in [-0.3, -0.25) is 9.48 Å². The summed E-state index contributed by atoms with van der Waals surface area (Å²) in [6, 6.07) is 6.33. The second-order valence-electron chi connectivity index (χ2n) is 5.78. The maximum absolute atomic E-state index is 12.6. The van der Waals surface area contributed by atoms with Crippen molar-refractivity contribution in [2.45, 2.75) is 25.3 Å². The monoisotopic (exact) mass is 364 g/mol. The van der Waals surface area contributed by atoms with Crippen LogP contribution >= 0.6 is 0 Å². The second-order valence-corrected chi connectivity index (χ2v) is 7.55. The molecule has 1 aliphatic rings. The molecule has 0 saturated heterocycles. The molecular formula is C16H20N4O4S. The zero-order valence-corrected chi connectivity index (χ0v) is 15.1. The molecule has 8 nitrogen and oxygen atoms in total. The lowest BCUT2D eigenvalue weighted by Gasteiger charge is -2.28. The van der Waals surface area contributed by atoms with E-state index in [1.807, 2.05) is 19.9 Å². The first-order valence-electron chi connectivity index (χ1n) is 7.88. The van der Waals surface area contributed by atoms with Crippen LogP contribution in [0.3, 0.4) is 0 Å². The highest BCUT2D eigenvalue weighted by Crippen LogP contribution is 2.34. The van der Waals surface area contributed by atoms with Crippen molar-refractivity contribution in [2.75, 3.05) is 18.1 Å². The molecule has 134 valence electrons. The summed E-state index contributed by atoms with van der Waals surface area (Å²) in [6.07, 6.45) is 0. The Balaban J connectivity index is 1.86. The van der Waals surface area contributed by atoms with Crippen LogP contribution in [0.1, 0.15) is 18.3 Å². The topological polar surface area (TPSA) is 93.5 Å². The first kappa shape index (κ1) is 17.4. The predicted molar refractivity (Wildman–Crippen MR) is 91.9 cm³/mol. The molecule has 1 aliphatic heterocycles. The number of nitrogens with one attached hydrogen (secondary N) is 1. The number of rotatable bonds is 5. The first-order valence-corrected chi connectivity index (χ1v) is 9.36. The molecule has 3 rings (SSSR count). The number of benzene rings is 1. The number of hydrogen-bond acceptors (Lipinski definition) is 5. The van der Waals surface area contributed by atoms with Gasteiger partial charge in [-0.25, -0.2) is 13.1 Å². The largest absolute Gasteiger partial charge is 0.482 e. The van der Waals surface area contributed by atoms with Gasteiger partial charge in [-0.1, -0.05) is 0 Å². The van der Waals surface area contributed by atoms with Gasteiger partial charge in [0.2, 0.25) is 10.0 Å². The van der Waals surface area contributed by atoms with Gasteiger partial charge in [-0.15, -0.1) is 0 Å². The smallest absolute Gasteiger partial charge is 0.265 e. The second kappa shape index (κ2) is 6.49. The standard InChI is InChI=1S/C16H20N4O4S/c1-4-20-14-8-13(5-6-15(14)24-10-16(20)21)25(22,23)17-9-12-7-11(2)18-19(12)3/h5-8,17H,4,9-10H2,1-3H3. The SMILES string of the molecule is CCN1C(=O)COc2ccc(S(=O)(=O)NCc3cc(C)nn3C)cc21. The van der Waals surface area contributed by atoms with E-state index in [1.165, 1.54) is 17.0 Å². The third-order valence-corrected chi connectivity index (χ3v) is 5.44. The number of hydrogen-bond donors (Lipinski definition) is 1. The van der Waals surface area contributed by atoms with Crippen molar-refractivity contribution in [3.63, 3.8) is 0 Å². The fourth-order valence-electron chi connectivity index (χ4n) is 2.78. The average molecular weight is 364 g/mol. The maximum atomic E-state index is 12.6. The quantitative estimate of drug-likeness (QED) is 0.853. The molecule has 2 aromatic rings. The van der Waals surface area contributed by atoms with E-state index in [2.05, 4.69) is 9.82 Å². The minimum atomic E-state index is -3.73. The van der Waals surface area contributed by atoms with Crippen molar-refractivity contribution in [1.29, 1.82) is 0 Å². The summed E-state index contributed by atoms with van der Waals surface area (Å²) in [5.41, 5.74) is 2.05. The first-order chi connectivity index (χ1) is 11.8. The molecule has 25 heavy (non-hydrogen) atoms. The van der Waals surface area contributed by atoms with Crippen molar-refractivity contribution < 1.29 is 17.9 Å². The Morgan fingerprint density at radius 3 is 2.72 bits per heavy atom. The molecule has 1 aromatic heterocycles. The molecule has 0 bridgehead atoms. The van der Waals surface area contributed by atoms with Crippen molar-refractivity contribution in [2.24, 2.45) is 7.05 Å². The summed E-state index contributed by atoms with van der Waals surface area (Å²) < 4.78 is 34.8. The number of carbonyl (C=O) groups is 1. The Labute approximate surface area is 146 Å². The van der Waals surface area contributed by atoms with E-state index in [4.69, 9.17) is 4.74 Å². The van der Waals surface area contributed by atoms with Crippen LogP contribution in [0.15, 0.2) is 29.2 Å². The summed E-state index contributed by atoms with van der Waals surface area (Å²) in [4.78, 5) is 13.5. The Bertz CT molecular complexity index is 920. The summed E-state index contributed by atoms with van der Waals surface area (Å²) >= 11 is 0. The van der Waals surface area contributed by atoms with E-state index in [1.54, 1.807) is 17.8 Å². The number of aryl methyl sites for hydroxylation is 2. The lowest BCUT2D eigenvalue weighted by molar-refractivity contribution is -0.121. The number of anilines is 1. The Kier molecular flexibility index (Phi) is 4.53. The van der Waals surface area contributed by atoms with E-state index in [-0.39, 0.29) is 24.0 Å². The van der Waals surface area contributed by atoms with Gasteiger partial charge in [-0.05, 0) is 38.1 Å². The third kappa shape index (κ3) is 3.38. The Hall–Kier alpha value is -2.39. The van der Waals surface area contributed by atoms with Crippen LogP contribution in [-0.4, -0.2) is 37.3 Å². The zero-order valence-electron chi connectivity index (χ0n) is 14.3. The molecule has 0 unspecified atom stereocenters. The maximum Gasteiger partial charge on any atom is 0.265 e. The molecule has 1 amide bonds. The van der Waals surface area contributed by atoms with Crippen LogP contribution < -0.4 is 14.4 Å². The third-order valence-electron chi connectivity index (χ3n) is 4.04. The van der Waals surface area contributed by atoms with E-state index in [0.29, 0.717) is 18.0 Å². The number of aromatic nitrogens is 2. The summed E-state index contributed by atoms with van der Waals surface area (Å²) in [5, 5.41) is 4.19. The molecule has 9 heteroatoms. The minimum absolute atomic E-state index is 0.0367. The number of fused-ring (bicyclic) bond motifs is 1. The minimum Gasteiger partial charge on any atom is -0.482 e. The molecule has 2 heterocycles. The summed E-state index contributed by atoms with van der Waals surface area (Å²) in [5.74, 6) is 0.311. The lowest BCUT2D eigenvalue weighted by Crippen LogP contribution is -2.38. The molecule has 0 atom stereocenters. The number of amides is 1. The zero-order chi connectivity index (χ0) is 18.2. The molecule has 0 radical (unpaired) electrons. The van der Waals surface area contributed by atoms with Crippen molar-refractivity contribution in [3.8, 4) is 5.75 Å². The molecule has 1 N–H and O–H groups in total.